The zero-order valence-electron chi connectivity index (χ0n) is 19.6. The minimum atomic E-state index is -4.67. The van der Waals surface area contributed by atoms with Crippen LogP contribution in [0.4, 0.5) is 18.9 Å². The summed E-state index contributed by atoms with van der Waals surface area (Å²) in [6, 6.07) is 10.1. The second-order valence-corrected chi connectivity index (χ2v) is 8.02. The molecule has 190 valence electrons. The molecule has 0 fully saturated rings. The molecule has 2 amide bonds. The predicted molar refractivity (Wildman–Crippen MR) is 130 cm³/mol. The number of hydrogen-bond acceptors (Lipinski definition) is 5. The number of hydrogen-bond donors (Lipinski definition) is 1. The molecule has 0 radical (unpaired) electrons. The molecule has 7 nitrogen and oxygen atoms in total. The summed E-state index contributed by atoms with van der Waals surface area (Å²) < 4.78 is 52.1. The van der Waals surface area contributed by atoms with Crippen molar-refractivity contribution < 1.29 is 32.2 Å². The van der Waals surface area contributed by atoms with Crippen molar-refractivity contribution in [1.82, 2.24) is 10.3 Å². The second kappa shape index (κ2) is 11.3. The molecule has 0 atom stereocenters. The van der Waals surface area contributed by atoms with Crippen LogP contribution in [0.25, 0.3) is 11.1 Å². The number of carbonyl (C=O) groups excluding carboxylic acids is 2. The highest BCUT2D eigenvalue weighted by atomic mass is 35.5. The number of rotatable bonds is 8. The fourth-order valence-corrected chi connectivity index (χ4v) is 3.74. The van der Waals surface area contributed by atoms with Crippen molar-refractivity contribution in [2.45, 2.75) is 13.1 Å². The van der Waals surface area contributed by atoms with Gasteiger partial charge in [0.05, 0.1) is 35.5 Å². The summed E-state index contributed by atoms with van der Waals surface area (Å²) in [5.74, 6) is -0.389. The first-order valence-corrected chi connectivity index (χ1v) is 11.1. The molecule has 1 N–H and O–H groups in total. The van der Waals surface area contributed by atoms with E-state index in [2.05, 4.69) is 10.3 Å². The first kappa shape index (κ1) is 26.8. The van der Waals surface area contributed by atoms with Crippen LogP contribution in [0.1, 0.15) is 22.8 Å². The molecule has 1 aromatic heterocycles. The molecule has 3 rings (SSSR count). The van der Waals surface area contributed by atoms with Gasteiger partial charge >= 0.3 is 6.18 Å². The summed E-state index contributed by atoms with van der Waals surface area (Å²) in [6.07, 6.45) is -2.60. The van der Waals surface area contributed by atoms with E-state index in [0.717, 1.165) is 18.5 Å². The maximum atomic E-state index is 13.7. The number of methoxy groups -OCH3 is 1. The number of anilines is 1. The average Bonchev–Trinajstić information content (AvgIpc) is 2.85. The highest BCUT2D eigenvalue weighted by Crippen LogP contribution is 2.41. The van der Waals surface area contributed by atoms with E-state index in [1.54, 1.807) is 24.3 Å². The van der Waals surface area contributed by atoms with Crippen LogP contribution in [0.2, 0.25) is 5.02 Å². The first-order chi connectivity index (χ1) is 17.0. The fraction of sp³-hybridized carbons (Fsp3) is 0.240. The zero-order valence-corrected chi connectivity index (χ0v) is 20.4. The SMILES string of the molecule is COc1ccccc1N(C)C(=O)c1cc(-c2cnccc2C(F)(F)F)c(Cl)cc1OCCNC(C)=O. The molecular formula is C25H23ClF3N3O4. The van der Waals surface area contributed by atoms with Crippen LogP contribution < -0.4 is 19.7 Å². The molecule has 36 heavy (non-hydrogen) atoms. The van der Waals surface area contributed by atoms with E-state index in [-0.39, 0.29) is 46.5 Å². The molecule has 0 bridgehead atoms. The minimum absolute atomic E-state index is 0.00536. The van der Waals surface area contributed by atoms with Gasteiger partial charge in [0, 0.05) is 43.6 Å². The molecule has 0 saturated heterocycles. The summed E-state index contributed by atoms with van der Waals surface area (Å²) >= 11 is 6.38. The Bertz CT molecular complexity index is 1270. The number of nitrogens with zero attached hydrogens (tertiary/aromatic N) is 2. The quantitative estimate of drug-likeness (QED) is 0.411. The largest absolute Gasteiger partial charge is 0.495 e. The van der Waals surface area contributed by atoms with Crippen LogP contribution in [0.3, 0.4) is 0 Å². The van der Waals surface area contributed by atoms with E-state index in [9.17, 15) is 22.8 Å². The van der Waals surface area contributed by atoms with Crippen molar-refractivity contribution >= 4 is 29.1 Å². The lowest BCUT2D eigenvalue weighted by atomic mass is 9.98. The minimum Gasteiger partial charge on any atom is -0.495 e. The first-order valence-electron chi connectivity index (χ1n) is 10.7. The Balaban J connectivity index is 2.12. The third-order valence-electron chi connectivity index (χ3n) is 5.20. The maximum absolute atomic E-state index is 13.7. The third kappa shape index (κ3) is 6.06. The van der Waals surface area contributed by atoms with Crippen molar-refractivity contribution in [2.24, 2.45) is 0 Å². The molecule has 1 heterocycles. The normalized spacial score (nSPS) is 11.1. The average molecular weight is 522 g/mol. The van der Waals surface area contributed by atoms with Crippen LogP contribution in [0.15, 0.2) is 54.9 Å². The number of halogens is 4. The Morgan fingerprint density at radius 2 is 1.83 bits per heavy atom. The summed E-state index contributed by atoms with van der Waals surface area (Å²) in [6.45, 7) is 1.48. The number of aromatic nitrogens is 1. The van der Waals surface area contributed by atoms with Crippen molar-refractivity contribution in [3.05, 3.63) is 71.0 Å². The van der Waals surface area contributed by atoms with Crippen LogP contribution in [0.5, 0.6) is 11.5 Å². The number of alkyl halides is 3. The molecule has 3 aromatic rings. The molecule has 0 spiro atoms. The van der Waals surface area contributed by atoms with Crippen LogP contribution in [-0.2, 0) is 11.0 Å². The standard InChI is InChI=1S/C25H23ClF3N3O4/c1-15(33)31-10-11-36-23-13-20(26)16(18-14-30-9-8-19(18)25(27,28)29)12-17(23)24(34)32(2)21-6-4-5-7-22(21)35-3/h4-9,12-14H,10-11H2,1-3H3,(H,31,33). The summed E-state index contributed by atoms with van der Waals surface area (Å²) in [5.41, 5.74) is -0.877. The van der Waals surface area contributed by atoms with Gasteiger partial charge in [-0.3, -0.25) is 14.6 Å². The van der Waals surface area contributed by atoms with Gasteiger partial charge in [-0.05, 0) is 24.3 Å². The third-order valence-corrected chi connectivity index (χ3v) is 5.51. The van der Waals surface area contributed by atoms with E-state index in [1.807, 2.05) is 0 Å². The van der Waals surface area contributed by atoms with E-state index in [1.165, 1.54) is 38.1 Å². The number of para-hydroxylation sites is 2. The van der Waals surface area contributed by atoms with Gasteiger partial charge in [-0.2, -0.15) is 13.2 Å². The molecule has 0 saturated carbocycles. The van der Waals surface area contributed by atoms with Gasteiger partial charge in [-0.15, -0.1) is 0 Å². The smallest absolute Gasteiger partial charge is 0.417 e. The molecule has 0 aliphatic heterocycles. The number of carbonyl (C=O) groups is 2. The molecule has 0 aliphatic rings. The van der Waals surface area contributed by atoms with Crippen molar-refractivity contribution in [3.63, 3.8) is 0 Å². The Kier molecular flexibility index (Phi) is 8.41. The lowest BCUT2D eigenvalue weighted by Crippen LogP contribution is -2.28. The van der Waals surface area contributed by atoms with Crippen molar-refractivity contribution in [2.75, 3.05) is 32.2 Å². The second-order valence-electron chi connectivity index (χ2n) is 7.61. The molecule has 2 aromatic carbocycles. The van der Waals surface area contributed by atoms with Crippen LogP contribution >= 0.6 is 11.6 Å². The molecule has 0 aliphatic carbocycles. The highest BCUT2D eigenvalue weighted by Gasteiger charge is 2.34. The monoisotopic (exact) mass is 521 g/mol. The lowest BCUT2D eigenvalue weighted by molar-refractivity contribution is -0.137. The van der Waals surface area contributed by atoms with Crippen LogP contribution in [-0.4, -0.2) is 44.1 Å². The number of ether oxygens (including phenoxy) is 2. The van der Waals surface area contributed by atoms with Gasteiger partial charge in [-0.25, -0.2) is 0 Å². The van der Waals surface area contributed by atoms with E-state index in [4.69, 9.17) is 21.1 Å². The van der Waals surface area contributed by atoms with Gasteiger partial charge in [0.1, 0.15) is 18.1 Å². The van der Waals surface area contributed by atoms with Gasteiger partial charge in [-0.1, -0.05) is 23.7 Å². The predicted octanol–water partition coefficient (Wildman–Crippen LogP) is 5.22. The topological polar surface area (TPSA) is 80.8 Å². The Labute approximate surface area is 210 Å². The molecule has 0 unspecified atom stereocenters. The molecular weight excluding hydrogens is 499 g/mol. The zero-order chi connectivity index (χ0) is 26.5. The van der Waals surface area contributed by atoms with E-state index in [0.29, 0.717) is 11.4 Å². The Hall–Kier alpha value is -3.79. The molecule has 11 heteroatoms. The van der Waals surface area contributed by atoms with Gasteiger partial charge in [0.2, 0.25) is 5.91 Å². The Morgan fingerprint density at radius 1 is 1.11 bits per heavy atom. The summed E-state index contributed by atoms with van der Waals surface area (Å²) in [7, 11) is 2.95. The number of amides is 2. The van der Waals surface area contributed by atoms with E-state index < -0.39 is 17.6 Å². The Morgan fingerprint density at radius 3 is 2.50 bits per heavy atom. The summed E-state index contributed by atoms with van der Waals surface area (Å²) in [4.78, 5) is 29.8. The van der Waals surface area contributed by atoms with Crippen molar-refractivity contribution in [3.8, 4) is 22.6 Å². The van der Waals surface area contributed by atoms with Gasteiger partial charge in [0.25, 0.3) is 5.91 Å². The lowest BCUT2D eigenvalue weighted by Gasteiger charge is -2.22. The number of pyridine rings is 1. The van der Waals surface area contributed by atoms with Crippen LogP contribution in [0, 0.1) is 0 Å². The van der Waals surface area contributed by atoms with Gasteiger partial charge < -0.3 is 19.7 Å². The highest BCUT2D eigenvalue weighted by molar-refractivity contribution is 6.34. The van der Waals surface area contributed by atoms with E-state index >= 15 is 0 Å². The summed E-state index contributed by atoms with van der Waals surface area (Å²) in [5, 5.41) is 2.49. The number of benzene rings is 2. The number of nitrogens with one attached hydrogen (secondary N) is 1. The fourth-order valence-electron chi connectivity index (χ4n) is 3.49. The van der Waals surface area contributed by atoms with Gasteiger partial charge in [0.15, 0.2) is 0 Å². The maximum Gasteiger partial charge on any atom is 0.417 e. The van der Waals surface area contributed by atoms with Crippen molar-refractivity contribution in [1.29, 1.82) is 0 Å².